The van der Waals surface area contributed by atoms with Crippen molar-refractivity contribution >= 4 is 23.2 Å². The number of anilines is 1. The number of rotatable bonds is 3. The maximum absolute atomic E-state index is 11.9. The summed E-state index contributed by atoms with van der Waals surface area (Å²) in [4.78, 5) is 14.0. The van der Waals surface area contributed by atoms with Crippen molar-refractivity contribution in [2.45, 2.75) is 19.4 Å². The van der Waals surface area contributed by atoms with Crippen molar-refractivity contribution < 1.29 is 4.79 Å². The molecule has 0 saturated carbocycles. The summed E-state index contributed by atoms with van der Waals surface area (Å²) in [6, 6.07) is 5.67. The van der Waals surface area contributed by atoms with Gasteiger partial charge in [0.05, 0.1) is 6.54 Å². The Bertz CT molecular complexity index is 450. The van der Waals surface area contributed by atoms with Crippen LogP contribution in [0.2, 0.25) is 5.02 Å². The Morgan fingerprint density at radius 1 is 1.61 bits per heavy atom. The number of hydrogen-bond donors (Lipinski definition) is 2. The molecule has 18 heavy (non-hydrogen) atoms. The van der Waals surface area contributed by atoms with E-state index in [4.69, 9.17) is 17.3 Å². The normalized spacial score (nSPS) is 20.1. The van der Waals surface area contributed by atoms with Gasteiger partial charge in [-0.15, -0.1) is 0 Å². The molecule has 1 aliphatic rings. The fraction of sp³-hybridized carbons (Fsp3) is 0.462. The molecular weight excluding hydrogens is 250 g/mol. The molecule has 1 aliphatic heterocycles. The number of benzene rings is 1. The molecule has 1 aromatic carbocycles. The zero-order valence-electron chi connectivity index (χ0n) is 10.4. The van der Waals surface area contributed by atoms with Crippen molar-refractivity contribution in [1.29, 1.82) is 0 Å². The largest absolute Gasteiger partial charge is 0.326 e. The van der Waals surface area contributed by atoms with E-state index in [9.17, 15) is 4.79 Å². The predicted molar refractivity (Wildman–Crippen MR) is 73.9 cm³/mol. The Hall–Kier alpha value is -1.10. The molecule has 1 aromatic rings. The number of nitrogens with one attached hydrogen (secondary N) is 1. The molecule has 5 heteroatoms. The van der Waals surface area contributed by atoms with Crippen LogP contribution in [-0.4, -0.2) is 36.5 Å². The highest BCUT2D eigenvalue weighted by atomic mass is 35.5. The molecule has 3 N–H and O–H groups in total. The molecule has 0 spiro atoms. The van der Waals surface area contributed by atoms with Crippen molar-refractivity contribution in [3.05, 3.63) is 28.8 Å². The number of amides is 1. The highest BCUT2D eigenvalue weighted by Crippen LogP contribution is 2.20. The molecule has 1 saturated heterocycles. The number of likely N-dealkylation sites (tertiary alicyclic amines) is 1. The first-order valence-electron chi connectivity index (χ1n) is 6.08. The summed E-state index contributed by atoms with van der Waals surface area (Å²) in [5.41, 5.74) is 7.59. The molecule has 1 fully saturated rings. The zero-order valence-corrected chi connectivity index (χ0v) is 11.2. The third-order valence-electron chi connectivity index (χ3n) is 3.15. The van der Waals surface area contributed by atoms with Crippen LogP contribution >= 0.6 is 11.6 Å². The van der Waals surface area contributed by atoms with Crippen LogP contribution in [0.1, 0.15) is 12.0 Å². The van der Waals surface area contributed by atoms with Crippen LogP contribution in [0.4, 0.5) is 5.69 Å². The fourth-order valence-corrected chi connectivity index (χ4v) is 2.30. The van der Waals surface area contributed by atoms with Crippen LogP contribution < -0.4 is 11.1 Å². The van der Waals surface area contributed by atoms with Gasteiger partial charge in [-0.25, -0.2) is 0 Å². The molecule has 0 aromatic heterocycles. The molecular formula is C13H18ClN3O. The van der Waals surface area contributed by atoms with E-state index in [0.717, 1.165) is 30.8 Å². The van der Waals surface area contributed by atoms with Crippen LogP contribution in [0.5, 0.6) is 0 Å². The minimum absolute atomic E-state index is 0.0190. The lowest BCUT2D eigenvalue weighted by molar-refractivity contribution is -0.117. The summed E-state index contributed by atoms with van der Waals surface area (Å²) < 4.78 is 0. The second-order valence-corrected chi connectivity index (χ2v) is 5.23. The maximum Gasteiger partial charge on any atom is 0.238 e. The lowest BCUT2D eigenvalue weighted by atomic mass is 10.2. The van der Waals surface area contributed by atoms with Crippen LogP contribution in [0.25, 0.3) is 0 Å². The van der Waals surface area contributed by atoms with Gasteiger partial charge in [-0.2, -0.15) is 0 Å². The van der Waals surface area contributed by atoms with Crippen LogP contribution in [-0.2, 0) is 4.79 Å². The Kier molecular flexibility index (Phi) is 4.22. The first-order valence-corrected chi connectivity index (χ1v) is 6.46. The van der Waals surface area contributed by atoms with Crippen molar-refractivity contribution in [2.24, 2.45) is 5.73 Å². The summed E-state index contributed by atoms with van der Waals surface area (Å²) in [5, 5.41) is 3.51. The van der Waals surface area contributed by atoms with E-state index in [2.05, 4.69) is 10.2 Å². The van der Waals surface area contributed by atoms with Gasteiger partial charge in [-0.3, -0.25) is 9.69 Å². The third-order valence-corrected chi connectivity index (χ3v) is 3.38. The van der Waals surface area contributed by atoms with Gasteiger partial charge in [0.15, 0.2) is 0 Å². The summed E-state index contributed by atoms with van der Waals surface area (Å²) in [7, 11) is 0. The van der Waals surface area contributed by atoms with Crippen molar-refractivity contribution in [2.75, 3.05) is 25.0 Å². The highest BCUT2D eigenvalue weighted by molar-refractivity contribution is 6.31. The van der Waals surface area contributed by atoms with Crippen LogP contribution in [0, 0.1) is 6.92 Å². The molecule has 0 bridgehead atoms. The van der Waals surface area contributed by atoms with E-state index < -0.39 is 0 Å². The summed E-state index contributed by atoms with van der Waals surface area (Å²) in [6.07, 6.45) is 0.962. The van der Waals surface area contributed by atoms with Gasteiger partial charge in [0, 0.05) is 29.8 Å². The van der Waals surface area contributed by atoms with E-state index in [0.29, 0.717) is 11.6 Å². The minimum atomic E-state index is -0.0190. The first kappa shape index (κ1) is 13.3. The van der Waals surface area contributed by atoms with Crippen molar-refractivity contribution in [1.82, 2.24) is 4.90 Å². The number of nitrogens with zero attached hydrogens (tertiary/aromatic N) is 1. The minimum Gasteiger partial charge on any atom is -0.326 e. The Balaban J connectivity index is 1.92. The molecule has 0 radical (unpaired) electrons. The Morgan fingerprint density at radius 3 is 3.06 bits per heavy atom. The van der Waals surface area contributed by atoms with Gasteiger partial charge < -0.3 is 11.1 Å². The number of nitrogens with two attached hydrogens (primary N) is 1. The van der Waals surface area contributed by atoms with E-state index in [-0.39, 0.29) is 11.9 Å². The molecule has 1 heterocycles. The number of aryl methyl sites for hydroxylation is 1. The molecule has 0 unspecified atom stereocenters. The average Bonchev–Trinajstić information content (AvgIpc) is 2.69. The predicted octanol–water partition coefficient (Wildman–Crippen LogP) is 1.62. The number of hydrogen-bond acceptors (Lipinski definition) is 3. The smallest absolute Gasteiger partial charge is 0.238 e. The summed E-state index contributed by atoms with van der Waals surface area (Å²) >= 11 is 5.91. The SMILES string of the molecule is Cc1ccc(Cl)cc1NC(=O)CN1CC[C@@H](N)C1. The number of carbonyl (C=O) groups excluding carboxylic acids is 1. The summed E-state index contributed by atoms with van der Waals surface area (Å²) in [5.74, 6) is -0.0190. The van der Waals surface area contributed by atoms with Gasteiger partial charge in [-0.05, 0) is 31.0 Å². The molecule has 4 nitrogen and oxygen atoms in total. The van der Waals surface area contributed by atoms with E-state index in [1.165, 1.54) is 0 Å². The topological polar surface area (TPSA) is 58.4 Å². The second kappa shape index (κ2) is 5.69. The van der Waals surface area contributed by atoms with Crippen molar-refractivity contribution in [3.8, 4) is 0 Å². The standard InChI is InChI=1S/C13H18ClN3O/c1-9-2-3-10(14)6-12(9)16-13(18)8-17-5-4-11(15)7-17/h2-3,6,11H,4-5,7-8,15H2,1H3,(H,16,18)/t11-/m1/s1. The van der Waals surface area contributed by atoms with Crippen molar-refractivity contribution in [3.63, 3.8) is 0 Å². The van der Waals surface area contributed by atoms with Gasteiger partial charge in [0.25, 0.3) is 0 Å². The Labute approximate surface area is 112 Å². The van der Waals surface area contributed by atoms with Gasteiger partial charge >= 0.3 is 0 Å². The zero-order chi connectivity index (χ0) is 13.1. The quantitative estimate of drug-likeness (QED) is 0.875. The van der Waals surface area contributed by atoms with Gasteiger partial charge in [-0.1, -0.05) is 17.7 Å². The van der Waals surface area contributed by atoms with Gasteiger partial charge in [0.1, 0.15) is 0 Å². The molecule has 2 rings (SSSR count). The van der Waals surface area contributed by atoms with Crippen LogP contribution in [0.15, 0.2) is 18.2 Å². The Morgan fingerprint density at radius 2 is 2.39 bits per heavy atom. The van der Waals surface area contributed by atoms with Gasteiger partial charge in [0.2, 0.25) is 5.91 Å². The molecule has 1 amide bonds. The summed E-state index contributed by atoms with van der Waals surface area (Å²) in [6.45, 7) is 4.02. The maximum atomic E-state index is 11.9. The monoisotopic (exact) mass is 267 g/mol. The molecule has 98 valence electrons. The molecule has 1 atom stereocenters. The lowest BCUT2D eigenvalue weighted by Crippen LogP contribution is -2.33. The van der Waals surface area contributed by atoms with Crippen LogP contribution in [0.3, 0.4) is 0 Å². The lowest BCUT2D eigenvalue weighted by Gasteiger charge is -2.15. The fourth-order valence-electron chi connectivity index (χ4n) is 2.13. The first-order chi connectivity index (χ1) is 8.54. The number of carbonyl (C=O) groups is 1. The number of halogens is 1. The van der Waals surface area contributed by atoms with E-state index in [1.54, 1.807) is 6.07 Å². The van der Waals surface area contributed by atoms with E-state index >= 15 is 0 Å². The third kappa shape index (κ3) is 3.45. The second-order valence-electron chi connectivity index (χ2n) is 4.79. The highest BCUT2D eigenvalue weighted by Gasteiger charge is 2.21. The molecule has 0 aliphatic carbocycles. The van der Waals surface area contributed by atoms with E-state index in [1.807, 2.05) is 19.1 Å². The average molecular weight is 268 g/mol.